The van der Waals surface area contributed by atoms with Crippen molar-refractivity contribution in [1.29, 1.82) is 0 Å². The molecule has 3 rings (SSSR count). The largest absolute Gasteiger partial charge is 0.494 e. The Morgan fingerprint density at radius 1 is 1.35 bits per heavy atom. The summed E-state index contributed by atoms with van der Waals surface area (Å²) in [6.07, 6.45) is 2.32. The lowest BCUT2D eigenvalue weighted by Gasteiger charge is -2.23. The van der Waals surface area contributed by atoms with E-state index in [1.807, 2.05) is 13.0 Å². The first-order valence-corrected chi connectivity index (χ1v) is 8.60. The quantitative estimate of drug-likeness (QED) is 0.785. The Morgan fingerprint density at radius 3 is 2.91 bits per heavy atom. The number of benzene rings is 1. The van der Waals surface area contributed by atoms with E-state index in [4.69, 9.17) is 9.26 Å². The van der Waals surface area contributed by atoms with Gasteiger partial charge < -0.3 is 9.26 Å². The highest BCUT2D eigenvalue weighted by Crippen LogP contribution is 2.35. The summed E-state index contributed by atoms with van der Waals surface area (Å²) in [5.74, 6) is 2.39. The monoisotopic (exact) mass is 314 g/mol. The van der Waals surface area contributed by atoms with E-state index in [2.05, 4.69) is 48.2 Å². The molecule has 0 aliphatic carbocycles. The Morgan fingerprint density at radius 2 is 2.17 bits per heavy atom. The van der Waals surface area contributed by atoms with E-state index in [0.29, 0.717) is 18.6 Å². The number of rotatable bonds is 6. The zero-order chi connectivity index (χ0) is 16.2. The maximum absolute atomic E-state index is 5.76. The van der Waals surface area contributed by atoms with Crippen LogP contribution in [0.4, 0.5) is 0 Å². The van der Waals surface area contributed by atoms with Gasteiger partial charge in [-0.05, 0) is 38.3 Å². The number of ether oxygens (including phenoxy) is 1. The van der Waals surface area contributed by atoms with Crippen molar-refractivity contribution in [3.8, 4) is 5.75 Å². The fourth-order valence-corrected chi connectivity index (χ4v) is 3.22. The molecule has 2 aromatic rings. The van der Waals surface area contributed by atoms with Crippen molar-refractivity contribution in [2.45, 2.75) is 52.1 Å². The van der Waals surface area contributed by atoms with Gasteiger partial charge in [-0.3, -0.25) is 4.90 Å². The first kappa shape index (κ1) is 16.1. The standard InChI is InChI=1S/C19H26N2O2/c1-4-22-18-10-6-5-8-15(18)13-21-11-7-9-17(21)19-12-16(14(2)3)20-23-19/h5-6,8,10,12,14,17H,4,7,9,11,13H2,1-3H3/t17-/m0/s1. The van der Waals surface area contributed by atoms with Crippen LogP contribution in [0, 0.1) is 0 Å². The number of hydrogen-bond acceptors (Lipinski definition) is 4. The van der Waals surface area contributed by atoms with Gasteiger partial charge in [-0.15, -0.1) is 0 Å². The lowest BCUT2D eigenvalue weighted by Crippen LogP contribution is -2.22. The number of para-hydroxylation sites is 1. The summed E-state index contributed by atoms with van der Waals surface area (Å²) in [7, 11) is 0. The number of aromatic nitrogens is 1. The van der Waals surface area contributed by atoms with Crippen LogP contribution in [0.15, 0.2) is 34.9 Å². The van der Waals surface area contributed by atoms with E-state index >= 15 is 0 Å². The third kappa shape index (κ3) is 3.58. The third-order valence-electron chi connectivity index (χ3n) is 4.48. The molecule has 0 radical (unpaired) electrons. The molecule has 124 valence electrons. The molecule has 1 aromatic heterocycles. The van der Waals surface area contributed by atoms with Crippen LogP contribution in [0.25, 0.3) is 0 Å². The molecule has 23 heavy (non-hydrogen) atoms. The fourth-order valence-electron chi connectivity index (χ4n) is 3.22. The normalized spacial score (nSPS) is 18.7. The van der Waals surface area contributed by atoms with Crippen LogP contribution in [-0.2, 0) is 6.54 Å². The fraction of sp³-hybridized carbons (Fsp3) is 0.526. The summed E-state index contributed by atoms with van der Waals surface area (Å²) >= 11 is 0. The summed E-state index contributed by atoms with van der Waals surface area (Å²) in [4.78, 5) is 2.47. The van der Waals surface area contributed by atoms with Crippen LogP contribution in [0.2, 0.25) is 0 Å². The number of nitrogens with zero attached hydrogens (tertiary/aromatic N) is 2. The van der Waals surface area contributed by atoms with Crippen LogP contribution in [0.5, 0.6) is 5.75 Å². The van der Waals surface area contributed by atoms with Gasteiger partial charge in [-0.2, -0.15) is 0 Å². The third-order valence-corrected chi connectivity index (χ3v) is 4.48. The highest BCUT2D eigenvalue weighted by molar-refractivity contribution is 5.33. The summed E-state index contributed by atoms with van der Waals surface area (Å²) < 4.78 is 11.4. The topological polar surface area (TPSA) is 38.5 Å². The summed E-state index contributed by atoms with van der Waals surface area (Å²) in [6, 6.07) is 10.8. The molecule has 1 aliphatic rings. The second-order valence-electron chi connectivity index (χ2n) is 6.48. The SMILES string of the molecule is CCOc1ccccc1CN1CCC[C@H]1c1cc(C(C)C)no1. The van der Waals surface area contributed by atoms with Crippen LogP contribution < -0.4 is 4.74 Å². The molecule has 0 N–H and O–H groups in total. The maximum atomic E-state index is 5.76. The molecule has 1 atom stereocenters. The predicted molar refractivity (Wildman–Crippen MR) is 90.6 cm³/mol. The average molecular weight is 314 g/mol. The Kier molecular flexibility index (Phi) is 5.01. The average Bonchev–Trinajstić information content (AvgIpc) is 3.18. The molecule has 1 aromatic carbocycles. The molecule has 0 saturated carbocycles. The van der Waals surface area contributed by atoms with Gasteiger partial charge in [-0.1, -0.05) is 37.2 Å². The second-order valence-corrected chi connectivity index (χ2v) is 6.48. The van der Waals surface area contributed by atoms with E-state index in [0.717, 1.165) is 36.7 Å². The molecule has 0 amide bonds. The molecule has 4 heteroatoms. The number of hydrogen-bond donors (Lipinski definition) is 0. The number of likely N-dealkylation sites (tertiary alicyclic amines) is 1. The van der Waals surface area contributed by atoms with E-state index in [1.54, 1.807) is 0 Å². The minimum atomic E-state index is 0.324. The van der Waals surface area contributed by atoms with Crippen molar-refractivity contribution in [3.05, 3.63) is 47.3 Å². The summed E-state index contributed by atoms with van der Waals surface area (Å²) in [6.45, 7) is 8.98. The molecule has 0 spiro atoms. The molecular formula is C19H26N2O2. The van der Waals surface area contributed by atoms with Crippen molar-refractivity contribution in [1.82, 2.24) is 10.1 Å². The smallest absolute Gasteiger partial charge is 0.154 e. The molecule has 1 fully saturated rings. The zero-order valence-electron chi connectivity index (χ0n) is 14.3. The highest BCUT2D eigenvalue weighted by atomic mass is 16.5. The Labute approximate surface area is 138 Å². The lowest BCUT2D eigenvalue weighted by atomic mass is 10.1. The molecule has 1 saturated heterocycles. The summed E-state index contributed by atoms with van der Waals surface area (Å²) in [5, 5.41) is 4.22. The Balaban J connectivity index is 1.76. The maximum Gasteiger partial charge on any atom is 0.154 e. The van der Waals surface area contributed by atoms with E-state index in [1.165, 1.54) is 12.0 Å². The van der Waals surface area contributed by atoms with Gasteiger partial charge in [0, 0.05) is 18.2 Å². The highest BCUT2D eigenvalue weighted by Gasteiger charge is 2.30. The van der Waals surface area contributed by atoms with Crippen molar-refractivity contribution >= 4 is 0 Å². The molecular weight excluding hydrogens is 288 g/mol. The van der Waals surface area contributed by atoms with Gasteiger partial charge in [-0.25, -0.2) is 0 Å². The summed E-state index contributed by atoms with van der Waals surface area (Å²) in [5.41, 5.74) is 2.28. The van der Waals surface area contributed by atoms with E-state index < -0.39 is 0 Å². The van der Waals surface area contributed by atoms with Crippen molar-refractivity contribution in [3.63, 3.8) is 0 Å². The Bertz CT molecular complexity index is 636. The van der Waals surface area contributed by atoms with Gasteiger partial charge in [0.2, 0.25) is 0 Å². The van der Waals surface area contributed by atoms with Gasteiger partial charge in [0.25, 0.3) is 0 Å². The van der Waals surface area contributed by atoms with Gasteiger partial charge in [0.15, 0.2) is 5.76 Å². The molecule has 2 heterocycles. The van der Waals surface area contributed by atoms with Crippen molar-refractivity contribution in [2.24, 2.45) is 0 Å². The van der Waals surface area contributed by atoms with Crippen molar-refractivity contribution < 1.29 is 9.26 Å². The molecule has 1 aliphatic heterocycles. The lowest BCUT2D eigenvalue weighted by molar-refractivity contribution is 0.203. The molecule has 0 unspecified atom stereocenters. The first-order valence-electron chi connectivity index (χ1n) is 8.60. The van der Waals surface area contributed by atoms with Crippen LogP contribution in [-0.4, -0.2) is 23.2 Å². The minimum Gasteiger partial charge on any atom is -0.494 e. The molecule has 4 nitrogen and oxygen atoms in total. The van der Waals surface area contributed by atoms with Crippen LogP contribution in [0.3, 0.4) is 0 Å². The first-order chi connectivity index (χ1) is 11.2. The van der Waals surface area contributed by atoms with Gasteiger partial charge in [0.05, 0.1) is 18.3 Å². The van der Waals surface area contributed by atoms with Crippen molar-refractivity contribution in [2.75, 3.05) is 13.2 Å². The predicted octanol–water partition coefficient (Wildman–Crippen LogP) is 4.53. The van der Waals surface area contributed by atoms with E-state index in [9.17, 15) is 0 Å². The van der Waals surface area contributed by atoms with Crippen LogP contribution >= 0.6 is 0 Å². The Hall–Kier alpha value is -1.81. The molecule has 0 bridgehead atoms. The van der Waals surface area contributed by atoms with Gasteiger partial charge >= 0.3 is 0 Å². The van der Waals surface area contributed by atoms with Gasteiger partial charge in [0.1, 0.15) is 5.75 Å². The van der Waals surface area contributed by atoms with E-state index in [-0.39, 0.29) is 0 Å². The second kappa shape index (κ2) is 7.18. The van der Waals surface area contributed by atoms with Crippen LogP contribution in [0.1, 0.15) is 62.6 Å². The zero-order valence-corrected chi connectivity index (χ0v) is 14.3. The minimum absolute atomic E-state index is 0.324.